The van der Waals surface area contributed by atoms with E-state index in [1.807, 2.05) is 0 Å². The van der Waals surface area contributed by atoms with Gasteiger partial charge in [-0.1, -0.05) is 0 Å². The van der Waals surface area contributed by atoms with Crippen LogP contribution in [0.3, 0.4) is 0 Å². The summed E-state index contributed by atoms with van der Waals surface area (Å²) in [5, 5.41) is 0.353. The Kier molecular flexibility index (Phi) is 2.64. The first kappa shape index (κ1) is 8.70. The van der Waals surface area contributed by atoms with Gasteiger partial charge in [0.05, 0.1) is 19.3 Å². The molecule has 1 aliphatic rings. The highest BCUT2D eigenvalue weighted by atomic mass is 32.3. The highest BCUT2D eigenvalue weighted by Crippen LogP contribution is 2.39. The van der Waals surface area contributed by atoms with E-state index in [2.05, 4.69) is 9.98 Å². The lowest BCUT2D eigenvalue weighted by molar-refractivity contribution is 0.505. The first-order chi connectivity index (χ1) is 5.17. The van der Waals surface area contributed by atoms with Gasteiger partial charge in [0.2, 0.25) is 0 Å². The van der Waals surface area contributed by atoms with E-state index in [1.165, 1.54) is 6.21 Å². The van der Waals surface area contributed by atoms with Crippen LogP contribution in [-0.2, 0) is 0 Å². The lowest BCUT2D eigenvalue weighted by Gasteiger charge is -2.30. The van der Waals surface area contributed by atoms with Crippen molar-refractivity contribution >= 4 is 21.8 Å². The van der Waals surface area contributed by atoms with Crippen LogP contribution in [0.4, 0.5) is 0 Å². The molecular formula is C6H12N2O2S. The van der Waals surface area contributed by atoms with Crippen molar-refractivity contribution in [2.24, 2.45) is 9.98 Å². The number of hydrogen-bond donors (Lipinski definition) is 2. The molecule has 1 heterocycles. The molecule has 0 amide bonds. The minimum absolute atomic E-state index is 0.317. The molecule has 0 unspecified atom stereocenters. The minimum Gasteiger partial charge on any atom is -0.293 e. The third-order valence-electron chi connectivity index (χ3n) is 1.44. The molecule has 64 valence electrons. The summed E-state index contributed by atoms with van der Waals surface area (Å²) in [6, 6.07) is 0. The SMILES string of the molecule is CCS(O)(O)C1=NCCN=C1. The van der Waals surface area contributed by atoms with Crippen LogP contribution in [0.25, 0.3) is 0 Å². The summed E-state index contributed by atoms with van der Waals surface area (Å²) in [7, 11) is -2.62. The summed E-state index contributed by atoms with van der Waals surface area (Å²) in [6.07, 6.45) is 1.46. The van der Waals surface area contributed by atoms with Crippen molar-refractivity contribution in [2.75, 3.05) is 18.8 Å². The Hall–Kier alpha value is -0.390. The summed E-state index contributed by atoms with van der Waals surface area (Å²) >= 11 is 0. The monoisotopic (exact) mass is 176 g/mol. The van der Waals surface area contributed by atoms with Gasteiger partial charge in [0.1, 0.15) is 0 Å². The fourth-order valence-electron chi connectivity index (χ4n) is 0.737. The van der Waals surface area contributed by atoms with E-state index in [9.17, 15) is 9.11 Å². The molecule has 0 aromatic carbocycles. The quantitative estimate of drug-likeness (QED) is 0.631. The molecule has 1 rings (SSSR count). The Labute approximate surface area is 67.4 Å². The molecule has 1 aliphatic heterocycles. The molecule has 0 aromatic heterocycles. The molecule has 0 saturated heterocycles. The maximum absolute atomic E-state index is 9.36. The topological polar surface area (TPSA) is 65.2 Å². The Morgan fingerprint density at radius 3 is 2.73 bits per heavy atom. The molecular weight excluding hydrogens is 164 g/mol. The smallest absolute Gasteiger partial charge is 0.159 e. The molecule has 0 atom stereocenters. The minimum atomic E-state index is -2.62. The molecule has 0 aliphatic carbocycles. The van der Waals surface area contributed by atoms with Crippen LogP contribution in [0, 0.1) is 0 Å². The summed E-state index contributed by atoms with van der Waals surface area (Å²) in [5.74, 6) is 0.317. The molecule has 5 heteroatoms. The lowest BCUT2D eigenvalue weighted by atomic mass is 10.6. The maximum Gasteiger partial charge on any atom is 0.159 e. The fourth-order valence-corrected chi connectivity index (χ4v) is 1.57. The van der Waals surface area contributed by atoms with E-state index in [0.717, 1.165) is 0 Å². The third kappa shape index (κ3) is 2.02. The summed E-state index contributed by atoms with van der Waals surface area (Å²) in [4.78, 5) is 7.89. The zero-order valence-corrected chi connectivity index (χ0v) is 7.21. The van der Waals surface area contributed by atoms with Crippen LogP contribution in [0.5, 0.6) is 0 Å². The molecule has 0 bridgehead atoms. The Morgan fingerprint density at radius 2 is 2.27 bits per heavy atom. The number of rotatable bonds is 1. The standard InChI is InChI=1S/C6H12N2O2S/c1-2-11(9,10)6-5-7-3-4-8-6/h5,9-10H,2-4H2,1H3. The second kappa shape index (κ2) is 3.34. The van der Waals surface area contributed by atoms with Gasteiger partial charge in [-0.2, -0.15) is 10.6 Å². The van der Waals surface area contributed by atoms with Gasteiger partial charge >= 0.3 is 0 Å². The van der Waals surface area contributed by atoms with Gasteiger partial charge in [-0.05, 0) is 6.92 Å². The van der Waals surface area contributed by atoms with E-state index >= 15 is 0 Å². The molecule has 0 saturated carbocycles. The summed E-state index contributed by atoms with van der Waals surface area (Å²) in [5.41, 5.74) is 0. The summed E-state index contributed by atoms with van der Waals surface area (Å²) in [6.45, 7) is 2.95. The van der Waals surface area contributed by atoms with E-state index in [-0.39, 0.29) is 0 Å². The molecule has 11 heavy (non-hydrogen) atoms. The average molecular weight is 176 g/mol. The normalized spacial score (nSPS) is 19.7. The molecule has 2 N–H and O–H groups in total. The maximum atomic E-state index is 9.36. The molecule has 0 spiro atoms. The predicted octanol–water partition coefficient (Wildman–Crippen LogP) is 1.24. The van der Waals surface area contributed by atoms with Crippen LogP contribution in [0.1, 0.15) is 6.92 Å². The van der Waals surface area contributed by atoms with Crippen LogP contribution in [0.2, 0.25) is 0 Å². The average Bonchev–Trinajstić information content (AvgIpc) is 2.06. The highest BCUT2D eigenvalue weighted by molar-refractivity contribution is 8.38. The van der Waals surface area contributed by atoms with Crippen molar-refractivity contribution in [3.8, 4) is 0 Å². The van der Waals surface area contributed by atoms with E-state index < -0.39 is 10.6 Å². The van der Waals surface area contributed by atoms with Crippen molar-refractivity contribution in [1.82, 2.24) is 0 Å². The highest BCUT2D eigenvalue weighted by Gasteiger charge is 2.17. The predicted molar refractivity (Wildman–Crippen MR) is 49.1 cm³/mol. The molecule has 0 aromatic rings. The van der Waals surface area contributed by atoms with Gasteiger partial charge in [-0.15, -0.1) is 0 Å². The second-order valence-corrected chi connectivity index (χ2v) is 4.54. The second-order valence-electron chi connectivity index (χ2n) is 2.21. The molecule has 4 nitrogen and oxygen atoms in total. The van der Waals surface area contributed by atoms with E-state index in [1.54, 1.807) is 6.92 Å². The molecule has 0 fully saturated rings. The number of aliphatic imine (C=N–C) groups is 2. The van der Waals surface area contributed by atoms with Gasteiger partial charge in [0.15, 0.2) is 5.04 Å². The van der Waals surface area contributed by atoms with Gasteiger partial charge in [-0.25, -0.2) is 0 Å². The number of hydrogen-bond acceptors (Lipinski definition) is 4. The fraction of sp³-hybridized carbons (Fsp3) is 0.667. The van der Waals surface area contributed by atoms with Crippen LogP contribution >= 0.6 is 10.6 Å². The molecule has 0 radical (unpaired) electrons. The third-order valence-corrected chi connectivity index (χ3v) is 3.15. The van der Waals surface area contributed by atoms with Gasteiger partial charge < -0.3 is 0 Å². The Morgan fingerprint density at radius 1 is 1.55 bits per heavy atom. The van der Waals surface area contributed by atoms with Crippen molar-refractivity contribution in [3.63, 3.8) is 0 Å². The van der Waals surface area contributed by atoms with Crippen molar-refractivity contribution in [3.05, 3.63) is 0 Å². The van der Waals surface area contributed by atoms with Crippen molar-refractivity contribution < 1.29 is 9.11 Å². The van der Waals surface area contributed by atoms with Crippen LogP contribution in [-0.4, -0.2) is 39.2 Å². The van der Waals surface area contributed by atoms with Gasteiger partial charge in [0.25, 0.3) is 0 Å². The van der Waals surface area contributed by atoms with Gasteiger partial charge in [0, 0.05) is 5.75 Å². The first-order valence-corrected chi connectivity index (χ1v) is 5.18. The van der Waals surface area contributed by atoms with Crippen LogP contribution in [0.15, 0.2) is 9.98 Å². The Bertz CT molecular complexity index is 201. The zero-order valence-electron chi connectivity index (χ0n) is 6.40. The Balaban J connectivity index is 2.73. The number of nitrogens with zero attached hydrogens (tertiary/aromatic N) is 2. The van der Waals surface area contributed by atoms with Crippen LogP contribution < -0.4 is 0 Å². The first-order valence-electron chi connectivity index (χ1n) is 3.47. The van der Waals surface area contributed by atoms with Crippen molar-refractivity contribution in [1.29, 1.82) is 0 Å². The van der Waals surface area contributed by atoms with E-state index in [4.69, 9.17) is 0 Å². The largest absolute Gasteiger partial charge is 0.293 e. The van der Waals surface area contributed by atoms with Crippen molar-refractivity contribution in [2.45, 2.75) is 6.92 Å². The lowest BCUT2D eigenvalue weighted by Crippen LogP contribution is -2.18. The summed E-state index contributed by atoms with van der Waals surface area (Å²) < 4.78 is 18.7. The van der Waals surface area contributed by atoms with E-state index in [0.29, 0.717) is 23.9 Å². The zero-order chi connectivity index (χ0) is 8.32. The van der Waals surface area contributed by atoms with Gasteiger partial charge in [-0.3, -0.25) is 19.1 Å².